The molecule has 3 aromatic rings. The lowest BCUT2D eigenvalue weighted by Crippen LogP contribution is -2.31. The van der Waals surface area contributed by atoms with Crippen LogP contribution in [0.4, 0.5) is 5.13 Å². The number of carbonyl (C=O) groups is 1. The molecule has 1 amide bonds. The Morgan fingerprint density at radius 3 is 2.97 bits per heavy atom. The van der Waals surface area contributed by atoms with E-state index < -0.39 is 0 Å². The fourth-order valence-corrected chi connectivity index (χ4v) is 6.41. The number of aromatic nitrogens is 3. The third-order valence-electron chi connectivity index (χ3n) is 4.33. The molecule has 6 nitrogen and oxygen atoms in total. The maximum atomic E-state index is 12.4. The summed E-state index contributed by atoms with van der Waals surface area (Å²) in [4.78, 5) is 28.3. The normalized spacial score (nSPS) is 15.4. The second-order valence-corrected chi connectivity index (χ2v) is 11.2. The molecule has 0 spiro atoms. The van der Waals surface area contributed by atoms with Crippen molar-refractivity contribution in [3.63, 3.8) is 0 Å². The molecular weight excluding hydrogens is 445 g/mol. The van der Waals surface area contributed by atoms with Gasteiger partial charge in [-0.3, -0.25) is 4.79 Å². The van der Waals surface area contributed by atoms with Crippen LogP contribution in [0, 0.1) is 0 Å². The number of ether oxygens (including phenoxy) is 1. The zero-order chi connectivity index (χ0) is 20.4. The van der Waals surface area contributed by atoms with Crippen LogP contribution in [-0.2, 0) is 22.6 Å². The number of hydrogen-bond acceptors (Lipinski definition) is 9. The maximum absolute atomic E-state index is 12.4. The first-order valence-corrected chi connectivity index (χ1v) is 13.0. The lowest BCUT2D eigenvalue weighted by molar-refractivity contribution is -0.113. The van der Waals surface area contributed by atoms with Gasteiger partial charge in [0.15, 0.2) is 10.3 Å². The van der Waals surface area contributed by atoms with E-state index in [9.17, 15) is 4.79 Å². The molecule has 0 fully saturated rings. The largest absolute Gasteiger partial charge is 0.370 e. The molecule has 0 bridgehead atoms. The van der Waals surface area contributed by atoms with E-state index in [1.807, 2.05) is 5.38 Å². The average Bonchev–Trinajstić information content (AvgIpc) is 3.31. The molecule has 0 saturated carbocycles. The van der Waals surface area contributed by atoms with Crippen molar-refractivity contribution in [2.24, 2.45) is 0 Å². The molecular formula is C19H22N4O2S4. The van der Waals surface area contributed by atoms with Crippen LogP contribution in [0.5, 0.6) is 0 Å². The highest BCUT2D eigenvalue weighted by Gasteiger charge is 2.31. The van der Waals surface area contributed by atoms with Gasteiger partial charge in [-0.2, -0.15) is 0 Å². The number of thiazole rings is 1. The highest BCUT2D eigenvalue weighted by molar-refractivity contribution is 8.00. The zero-order valence-electron chi connectivity index (χ0n) is 16.5. The monoisotopic (exact) mass is 466 g/mol. The topological polar surface area (TPSA) is 77.0 Å². The highest BCUT2D eigenvalue weighted by atomic mass is 32.2. The smallest absolute Gasteiger partial charge is 0.236 e. The summed E-state index contributed by atoms with van der Waals surface area (Å²) in [5, 5.41) is 8.06. The van der Waals surface area contributed by atoms with E-state index in [2.05, 4.69) is 31.1 Å². The van der Waals surface area contributed by atoms with Crippen LogP contribution in [-0.4, -0.2) is 38.0 Å². The van der Waals surface area contributed by atoms with Crippen LogP contribution >= 0.6 is 46.2 Å². The van der Waals surface area contributed by atoms with Gasteiger partial charge >= 0.3 is 0 Å². The van der Waals surface area contributed by atoms with Gasteiger partial charge in [0.2, 0.25) is 5.91 Å². The number of thioether (sulfide) groups is 2. The number of fused-ring (bicyclic) bond motifs is 3. The fraction of sp³-hybridized carbons (Fsp3) is 0.474. The quantitative estimate of drug-likeness (QED) is 0.290. The second kappa shape index (κ2) is 8.89. The summed E-state index contributed by atoms with van der Waals surface area (Å²) in [6, 6.07) is 0. The van der Waals surface area contributed by atoms with Crippen LogP contribution < -0.4 is 5.32 Å². The average molecular weight is 467 g/mol. The van der Waals surface area contributed by atoms with Gasteiger partial charge in [-0.25, -0.2) is 15.0 Å². The Morgan fingerprint density at radius 1 is 1.34 bits per heavy atom. The molecule has 4 rings (SSSR count). The fourth-order valence-electron chi connectivity index (χ4n) is 3.03. The van der Waals surface area contributed by atoms with Gasteiger partial charge in [0.1, 0.15) is 9.86 Å². The molecule has 1 aliphatic heterocycles. The second-order valence-electron chi connectivity index (χ2n) is 7.24. The summed E-state index contributed by atoms with van der Waals surface area (Å²) in [5.41, 5.74) is 1.07. The Balaban J connectivity index is 1.64. The zero-order valence-corrected chi connectivity index (χ0v) is 19.7. The van der Waals surface area contributed by atoms with Crippen LogP contribution in [0.2, 0.25) is 0 Å². The molecule has 1 N–H and O–H groups in total. The van der Waals surface area contributed by atoms with E-state index in [0.29, 0.717) is 11.7 Å². The minimum Gasteiger partial charge on any atom is -0.370 e. The predicted molar refractivity (Wildman–Crippen MR) is 122 cm³/mol. The van der Waals surface area contributed by atoms with Crippen molar-refractivity contribution in [1.82, 2.24) is 15.0 Å². The number of hydrogen-bond donors (Lipinski definition) is 1. The summed E-state index contributed by atoms with van der Waals surface area (Å²) < 4.78 is 5.99. The molecule has 10 heteroatoms. The molecule has 0 unspecified atom stereocenters. The van der Waals surface area contributed by atoms with Gasteiger partial charge in [0.05, 0.1) is 18.0 Å². The van der Waals surface area contributed by atoms with Gasteiger partial charge < -0.3 is 10.1 Å². The summed E-state index contributed by atoms with van der Waals surface area (Å²) in [6.45, 7) is 6.98. The first kappa shape index (κ1) is 21.0. The first-order valence-electron chi connectivity index (χ1n) is 9.36. The molecule has 0 radical (unpaired) electrons. The lowest BCUT2D eigenvalue weighted by Gasteiger charge is -2.30. The summed E-state index contributed by atoms with van der Waals surface area (Å²) in [7, 11) is 0. The molecule has 1 aliphatic rings. The minimum atomic E-state index is -0.208. The number of nitrogens with zero attached hydrogens (tertiary/aromatic N) is 3. The van der Waals surface area contributed by atoms with Crippen molar-refractivity contribution >= 4 is 67.5 Å². The lowest BCUT2D eigenvalue weighted by atomic mass is 9.95. The number of thiophene rings is 1. The van der Waals surface area contributed by atoms with Crippen molar-refractivity contribution in [3.8, 4) is 0 Å². The number of nitrogens with one attached hydrogen (secondary N) is 1. The molecule has 29 heavy (non-hydrogen) atoms. The Hall–Kier alpha value is -1.20. The third kappa shape index (κ3) is 4.93. The van der Waals surface area contributed by atoms with Crippen molar-refractivity contribution in [1.29, 1.82) is 0 Å². The van der Waals surface area contributed by atoms with E-state index in [1.165, 1.54) is 33.5 Å². The summed E-state index contributed by atoms with van der Waals surface area (Å²) in [6.07, 6.45) is 3.57. The molecule has 0 aliphatic carbocycles. The molecule has 4 heterocycles. The van der Waals surface area contributed by atoms with Crippen molar-refractivity contribution in [3.05, 3.63) is 22.0 Å². The maximum Gasteiger partial charge on any atom is 0.236 e. The van der Waals surface area contributed by atoms with Gasteiger partial charge in [-0.1, -0.05) is 30.4 Å². The van der Waals surface area contributed by atoms with Gasteiger partial charge in [-0.05, 0) is 25.8 Å². The number of rotatable bonds is 7. The highest BCUT2D eigenvalue weighted by Crippen LogP contribution is 2.42. The van der Waals surface area contributed by atoms with Gasteiger partial charge in [-0.15, -0.1) is 22.7 Å². The van der Waals surface area contributed by atoms with Crippen molar-refractivity contribution in [2.45, 2.75) is 56.0 Å². The summed E-state index contributed by atoms with van der Waals surface area (Å²) in [5.74, 6) is 1.18. The summed E-state index contributed by atoms with van der Waals surface area (Å²) >= 11 is 6.24. The predicted octanol–water partition coefficient (Wildman–Crippen LogP) is 5.23. The van der Waals surface area contributed by atoms with E-state index in [-0.39, 0.29) is 17.3 Å². The van der Waals surface area contributed by atoms with Crippen LogP contribution in [0.1, 0.15) is 37.6 Å². The molecule has 0 aromatic carbocycles. The minimum absolute atomic E-state index is 0.0766. The molecule has 0 atom stereocenters. The number of amides is 1. The van der Waals surface area contributed by atoms with E-state index in [1.54, 1.807) is 29.3 Å². The van der Waals surface area contributed by atoms with Gasteiger partial charge in [0.25, 0.3) is 0 Å². The van der Waals surface area contributed by atoms with E-state index >= 15 is 0 Å². The van der Waals surface area contributed by atoms with E-state index in [4.69, 9.17) is 14.7 Å². The Kier molecular flexibility index (Phi) is 6.45. The molecule has 154 valence electrons. The SMILES string of the molecule is CCCSc1nc(SCC(=O)Nc2nccs2)c2c3c(sc2n1)COC(C)(C)C3. The number of carbonyl (C=O) groups excluding carboxylic acids is 1. The van der Waals surface area contributed by atoms with Gasteiger partial charge in [0, 0.05) is 34.0 Å². The van der Waals surface area contributed by atoms with E-state index in [0.717, 1.165) is 39.0 Å². The Morgan fingerprint density at radius 2 is 2.21 bits per heavy atom. The van der Waals surface area contributed by atoms with Crippen molar-refractivity contribution < 1.29 is 9.53 Å². The number of anilines is 1. The molecule has 3 aromatic heterocycles. The first-order chi connectivity index (χ1) is 13.9. The Labute approximate surface area is 186 Å². The van der Waals surface area contributed by atoms with Crippen LogP contribution in [0.15, 0.2) is 21.8 Å². The standard InChI is InChI=1S/C19H22N4O2S4/c1-4-6-26-18-22-15(28-10-13(24)21-17-20-5-7-27-17)14-11-8-19(2,3)25-9-12(11)29-16(14)23-18/h5,7H,4,6,8-10H2,1-3H3,(H,20,21,24). The van der Waals surface area contributed by atoms with Crippen LogP contribution in [0.25, 0.3) is 10.2 Å². The Bertz CT molecular complexity index is 1020. The van der Waals surface area contributed by atoms with Crippen molar-refractivity contribution in [2.75, 3.05) is 16.8 Å². The molecule has 0 saturated heterocycles. The third-order valence-corrected chi connectivity index (χ3v) is 8.15. The van der Waals surface area contributed by atoms with Crippen LogP contribution in [0.3, 0.4) is 0 Å².